The summed E-state index contributed by atoms with van der Waals surface area (Å²) in [6.45, 7) is 0.325. The molecule has 0 aliphatic carbocycles. The molecule has 0 unspecified atom stereocenters. The Balaban J connectivity index is 1.48. The maximum Gasteiger partial charge on any atom is 0.313 e. The molecular weight excluding hydrogens is 368 g/mol. The van der Waals surface area contributed by atoms with E-state index < -0.39 is 17.9 Å². The molecular formula is C19H20N2O5S. The highest BCUT2D eigenvalue weighted by molar-refractivity contribution is 7.98. The van der Waals surface area contributed by atoms with E-state index in [1.807, 2.05) is 18.4 Å². The summed E-state index contributed by atoms with van der Waals surface area (Å²) in [5.41, 5.74) is 1.25. The van der Waals surface area contributed by atoms with Crippen molar-refractivity contribution >= 4 is 29.3 Å². The molecule has 27 heavy (non-hydrogen) atoms. The molecule has 3 N–H and O–H groups in total. The first kappa shape index (κ1) is 19.1. The number of para-hydroxylation sites is 1. The van der Waals surface area contributed by atoms with Gasteiger partial charge in [0.2, 0.25) is 6.79 Å². The molecule has 0 spiro atoms. The van der Waals surface area contributed by atoms with Crippen molar-refractivity contribution in [3.05, 3.63) is 48.0 Å². The SMILES string of the molecule is CSc1ccccc1NC(=O)C(=O)NCC[C@@H](O)c1ccc2c(c1)OCO2. The Bertz CT molecular complexity index is 843. The van der Waals surface area contributed by atoms with Crippen LogP contribution in [0.25, 0.3) is 0 Å². The summed E-state index contributed by atoms with van der Waals surface area (Å²) in [6, 6.07) is 12.4. The van der Waals surface area contributed by atoms with Crippen molar-refractivity contribution in [1.82, 2.24) is 5.32 Å². The lowest BCUT2D eigenvalue weighted by molar-refractivity contribution is -0.136. The highest BCUT2D eigenvalue weighted by Gasteiger charge is 2.18. The summed E-state index contributed by atoms with van der Waals surface area (Å²) in [4.78, 5) is 24.9. The van der Waals surface area contributed by atoms with E-state index in [9.17, 15) is 14.7 Å². The molecule has 142 valence electrons. The van der Waals surface area contributed by atoms with Gasteiger partial charge in [-0.2, -0.15) is 0 Å². The summed E-state index contributed by atoms with van der Waals surface area (Å²) in [5, 5.41) is 15.4. The Morgan fingerprint density at radius 2 is 1.93 bits per heavy atom. The standard InChI is InChI=1S/C19H20N2O5S/c1-27-17-5-3-2-4-13(17)21-19(24)18(23)20-9-8-14(22)12-6-7-15-16(10-12)26-11-25-15/h2-7,10,14,22H,8-9,11H2,1H3,(H,20,23)(H,21,24)/t14-/m1/s1. The summed E-state index contributed by atoms with van der Waals surface area (Å²) < 4.78 is 10.5. The van der Waals surface area contributed by atoms with E-state index in [0.29, 0.717) is 22.7 Å². The number of carbonyl (C=O) groups excluding carboxylic acids is 2. The van der Waals surface area contributed by atoms with Crippen LogP contribution in [0.1, 0.15) is 18.1 Å². The minimum Gasteiger partial charge on any atom is -0.454 e. The van der Waals surface area contributed by atoms with Gasteiger partial charge in [0.25, 0.3) is 0 Å². The van der Waals surface area contributed by atoms with E-state index in [0.717, 1.165) is 4.90 Å². The molecule has 0 saturated heterocycles. The Labute approximate surface area is 161 Å². The fourth-order valence-electron chi connectivity index (χ4n) is 2.62. The predicted molar refractivity (Wildman–Crippen MR) is 102 cm³/mol. The zero-order valence-corrected chi connectivity index (χ0v) is 15.5. The number of benzene rings is 2. The molecule has 1 heterocycles. The molecule has 0 bridgehead atoms. The highest BCUT2D eigenvalue weighted by atomic mass is 32.2. The molecule has 2 aromatic rings. The van der Waals surface area contributed by atoms with Crippen LogP contribution in [0, 0.1) is 0 Å². The van der Waals surface area contributed by atoms with Crippen LogP contribution in [0.5, 0.6) is 11.5 Å². The zero-order chi connectivity index (χ0) is 19.2. The first-order chi connectivity index (χ1) is 13.1. The van der Waals surface area contributed by atoms with Gasteiger partial charge in [-0.3, -0.25) is 9.59 Å². The van der Waals surface area contributed by atoms with Crippen molar-refractivity contribution in [3.63, 3.8) is 0 Å². The molecule has 8 heteroatoms. The summed E-state index contributed by atoms with van der Waals surface area (Å²) in [6.07, 6.45) is 1.36. The number of carbonyl (C=O) groups is 2. The molecule has 0 saturated carbocycles. The van der Waals surface area contributed by atoms with Crippen LogP contribution in [0.2, 0.25) is 0 Å². The van der Waals surface area contributed by atoms with Crippen LogP contribution >= 0.6 is 11.8 Å². The highest BCUT2D eigenvalue weighted by Crippen LogP contribution is 2.34. The normalized spacial score (nSPS) is 13.1. The second-order valence-electron chi connectivity index (χ2n) is 5.83. The number of aliphatic hydroxyl groups is 1. The monoisotopic (exact) mass is 388 g/mol. The Hall–Kier alpha value is -2.71. The summed E-state index contributed by atoms with van der Waals surface area (Å²) in [7, 11) is 0. The second-order valence-corrected chi connectivity index (χ2v) is 6.68. The first-order valence-electron chi connectivity index (χ1n) is 8.38. The van der Waals surface area contributed by atoms with E-state index in [1.165, 1.54) is 11.8 Å². The number of thioether (sulfide) groups is 1. The Kier molecular flexibility index (Phi) is 6.20. The van der Waals surface area contributed by atoms with E-state index in [2.05, 4.69) is 10.6 Å². The fraction of sp³-hybridized carbons (Fsp3) is 0.263. The second kappa shape index (κ2) is 8.79. The maximum absolute atomic E-state index is 12.0. The van der Waals surface area contributed by atoms with Crippen molar-refractivity contribution in [2.24, 2.45) is 0 Å². The van der Waals surface area contributed by atoms with Gasteiger partial charge in [-0.15, -0.1) is 11.8 Å². The molecule has 7 nitrogen and oxygen atoms in total. The van der Waals surface area contributed by atoms with Gasteiger partial charge in [0, 0.05) is 11.4 Å². The third-order valence-corrected chi connectivity index (χ3v) is 4.84. The molecule has 2 amide bonds. The number of hydrogen-bond donors (Lipinski definition) is 3. The number of rotatable bonds is 6. The molecule has 3 rings (SSSR count). The van der Waals surface area contributed by atoms with Gasteiger partial charge in [-0.25, -0.2) is 0 Å². The van der Waals surface area contributed by atoms with Crippen LogP contribution in [0.3, 0.4) is 0 Å². The number of anilines is 1. The average molecular weight is 388 g/mol. The zero-order valence-electron chi connectivity index (χ0n) is 14.7. The molecule has 0 aromatic heterocycles. The molecule has 2 aromatic carbocycles. The quantitative estimate of drug-likeness (QED) is 0.519. The van der Waals surface area contributed by atoms with Crippen LogP contribution in [0.15, 0.2) is 47.4 Å². The summed E-state index contributed by atoms with van der Waals surface area (Å²) in [5.74, 6) is -0.262. The van der Waals surface area contributed by atoms with E-state index in [4.69, 9.17) is 9.47 Å². The number of hydrogen-bond acceptors (Lipinski definition) is 6. The van der Waals surface area contributed by atoms with Gasteiger partial charge in [0.1, 0.15) is 0 Å². The first-order valence-corrected chi connectivity index (χ1v) is 9.61. The van der Waals surface area contributed by atoms with Crippen molar-refractivity contribution in [1.29, 1.82) is 0 Å². The van der Waals surface area contributed by atoms with Crippen molar-refractivity contribution < 1.29 is 24.2 Å². The molecule has 1 aliphatic rings. The number of ether oxygens (including phenoxy) is 2. The van der Waals surface area contributed by atoms with Crippen LogP contribution in [0.4, 0.5) is 5.69 Å². The van der Waals surface area contributed by atoms with Crippen LogP contribution < -0.4 is 20.1 Å². The third kappa shape index (κ3) is 4.72. The lowest BCUT2D eigenvalue weighted by Crippen LogP contribution is -2.36. The van der Waals surface area contributed by atoms with Gasteiger partial charge >= 0.3 is 11.8 Å². The topological polar surface area (TPSA) is 96.9 Å². The van der Waals surface area contributed by atoms with Crippen molar-refractivity contribution in [2.75, 3.05) is 24.9 Å². The van der Waals surface area contributed by atoms with Crippen LogP contribution in [-0.4, -0.2) is 36.5 Å². The minimum atomic E-state index is -0.792. The maximum atomic E-state index is 12.0. The number of aliphatic hydroxyl groups excluding tert-OH is 1. The minimum absolute atomic E-state index is 0.159. The van der Waals surface area contributed by atoms with E-state index >= 15 is 0 Å². The lowest BCUT2D eigenvalue weighted by atomic mass is 10.1. The largest absolute Gasteiger partial charge is 0.454 e. The predicted octanol–water partition coefficient (Wildman–Crippen LogP) is 2.32. The fourth-order valence-corrected chi connectivity index (χ4v) is 3.17. The Morgan fingerprint density at radius 3 is 2.74 bits per heavy atom. The van der Waals surface area contributed by atoms with Gasteiger partial charge in [0.15, 0.2) is 11.5 Å². The van der Waals surface area contributed by atoms with E-state index in [1.54, 1.807) is 30.3 Å². The van der Waals surface area contributed by atoms with Crippen molar-refractivity contribution in [3.8, 4) is 11.5 Å². The molecule has 0 radical (unpaired) electrons. The van der Waals surface area contributed by atoms with Crippen molar-refractivity contribution in [2.45, 2.75) is 17.4 Å². The average Bonchev–Trinajstić information content (AvgIpc) is 3.16. The van der Waals surface area contributed by atoms with Gasteiger partial charge < -0.3 is 25.2 Å². The summed E-state index contributed by atoms with van der Waals surface area (Å²) >= 11 is 1.48. The van der Waals surface area contributed by atoms with Gasteiger partial charge in [-0.05, 0) is 42.5 Å². The third-order valence-electron chi connectivity index (χ3n) is 4.05. The van der Waals surface area contributed by atoms with Crippen LogP contribution in [-0.2, 0) is 9.59 Å². The number of amides is 2. The molecule has 1 atom stereocenters. The molecule has 1 aliphatic heterocycles. The van der Waals surface area contributed by atoms with Gasteiger partial charge in [-0.1, -0.05) is 18.2 Å². The van der Waals surface area contributed by atoms with Gasteiger partial charge in [0.05, 0.1) is 11.8 Å². The number of nitrogens with one attached hydrogen (secondary N) is 2. The number of fused-ring (bicyclic) bond motifs is 1. The smallest absolute Gasteiger partial charge is 0.313 e. The Morgan fingerprint density at radius 1 is 1.15 bits per heavy atom. The van der Waals surface area contributed by atoms with E-state index in [-0.39, 0.29) is 19.8 Å². The molecule has 0 fully saturated rings. The lowest BCUT2D eigenvalue weighted by Gasteiger charge is -2.13.